The third kappa shape index (κ3) is 4.22. The van der Waals surface area contributed by atoms with Crippen LogP contribution in [0, 0.1) is 5.82 Å². The first-order valence-corrected chi connectivity index (χ1v) is 5.33. The molecular formula is C12H15FN2O2. The number of hydrogen-bond acceptors (Lipinski definition) is 2. The van der Waals surface area contributed by atoms with Crippen molar-refractivity contribution in [2.75, 3.05) is 0 Å². The van der Waals surface area contributed by atoms with E-state index >= 15 is 0 Å². The maximum absolute atomic E-state index is 13.2. The Balaban J connectivity index is 2.49. The standard InChI is InChI=1S/C12H15FN2O2/c1-8(2)15-12(17)11(16)14-7-9-5-3-4-6-10(9)13/h3-6,8H,7H2,1-2H3,(H,14,16)(H,15,17). The van der Waals surface area contributed by atoms with Crippen LogP contribution >= 0.6 is 0 Å². The fourth-order valence-electron chi connectivity index (χ4n) is 1.23. The summed E-state index contributed by atoms with van der Waals surface area (Å²) in [4.78, 5) is 22.6. The van der Waals surface area contributed by atoms with Crippen LogP contribution in [0.3, 0.4) is 0 Å². The molecule has 17 heavy (non-hydrogen) atoms. The van der Waals surface area contributed by atoms with Crippen molar-refractivity contribution in [3.63, 3.8) is 0 Å². The summed E-state index contributed by atoms with van der Waals surface area (Å²) in [6, 6.07) is 5.97. The summed E-state index contributed by atoms with van der Waals surface area (Å²) in [7, 11) is 0. The number of carbonyl (C=O) groups excluding carboxylic acids is 2. The van der Waals surface area contributed by atoms with E-state index in [0.29, 0.717) is 5.56 Å². The Labute approximate surface area is 99.2 Å². The highest BCUT2D eigenvalue weighted by molar-refractivity contribution is 6.35. The van der Waals surface area contributed by atoms with Crippen molar-refractivity contribution in [2.45, 2.75) is 26.4 Å². The lowest BCUT2D eigenvalue weighted by Gasteiger charge is -2.09. The maximum Gasteiger partial charge on any atom is 0.309 e. The normalized spacial score (nSPS) is 10.1. The van der Waals surface area contributed by atoms with Crippen LogP contribution in [-0.2, 0) is 16.1 Å². The second kappa shape index (κ2) is 5.98. The quantitative estimate of drug-likeness (QED) is 0.771. The molecule has 2 N–H and O–H groups in total. The summed E-state index contributed by atoms with van der Waals surface area (Å²) < 4.78 is 13.2. The Morgan fingerprint density at radius 2 is 1.88 bits per heavy atom. The van der Waals surface area contributed by atoms with Gasteiger partial charge >= 0.3 is 11.8 Å². The molecule has 0 saturated heterocycles. The van der Waals surface area contributed by atoms with E-state index in [4.69, 9.17) is 0 Å². The van der Waals surface area contributed by atoms with Crippen molar-refractivity contribution < 1.29 is 14.0 Å². The lowest BCUT2D eigenvalue weighted by Crippen LogP contribution is -2.42. The van der Waals surface area contributed by atoms with Crippen LogP contribution in [-0.4, -0.2) is 17.9 Å². The van der Waals surface area contributed by atoms with Crippen LogP contribution in [0.4, 0.5) is 4.39 Å². The fourth-order valence-corrected chi connectivity index (χ4v) is 1.23. The fraction of sp³-hybridized carbons (Fsp3) is 0.333. The van der Waals surface area contributed by atoms with Crippen molar-refractivity contribution in [2.24, 2.45) is 0 Å². The maximum atomic E-state index is 13.2. The molecule has 0 aromatic heterocycles. The van der Waals surface area contributed by atoms with Crippen molar-refractivity contribution in [1.29, 1.82) is 0 Å². The molecule has 1 aromatic rings. The van der Waals surface area contributed by atoms with Crippen LogP contribution in [0.5, 0.6) is 0 Å². The lowest BCUT2D eigenvalue weighted by molar-refractivity contribution is -0.139. The van der Waals surface area contributed by atoms with Crippen molar-refractivity contribution in [1.82, 2.24) is 10.6 Å². The van der Waals surface area contributed by atoms with Gasteiger partial charge in [0.05, 0.1) is 0 Å². The van der Waals surface area contributed by atoms with Crippen LogP contribution in [0.25, 0.3) is 0 Å². The molecule has 1 aromatic carbocycles. The van der Waals surface area contributed by atoms with Crippen molar-refractivity contribution in [3.05, 3.63) is 35.6 Å². The molecule has 1 rings (SSSR count). The zero-order valence-corrected chi connectivity index (χ0v) is 9.79. The van der Waals surface area contributed by atoms with E-state index in [0.717, 1.165) is 0 Å². The van der Waals surface area contributed by atoms with Gasteiger partial charge in [-0.15, -0.1) is 0 Å². The topological polar surface area (TPSA) is 58.2 Å². The molecule has 0 saturated carbocycles. The lowest BCUT2D eigenvalue weighted by atomic mass is 10.2. The Morgan fingerprint density at radius 1 is 1.24 bits per heavy atom. The first kappa shape index (κ1) is 13.2. The second-order valence-corrected chi connectivity index (χ2v) is 3.90. The van der Waals surface area contributed by atoms with Gasteiger partial charge in [-0.2, -0.15) is 0 Å². The SMILES string of the molecule is CC(C)NC(=O)C(=O)NCc1ccccc1F. The van der Waals surface area contributed by atoms with Crippen LogP contribution in [0.1, 0.15) is 19.4 Å². The molecule has 0 fully saturated rings. The minimum absolute atomic E-state index is 0.00295. The first-order chi connectivity index (χ1) is 8.00. The Hall–Kier alpha value is -1.91. The van der Waals surface area contributed by atoms with Gasteiger partial charge in [-0.05, 0) is 19.9 Å². The van der Waals surface area contributed by atoms with Crippen molar-refractivity contribution in [3.8, 4) is 0 Å². The van der Waals surface area contributed by atoms with Gasteiger partial charge in [0.25, 0.3) is 0 Å². The number of rotatable bonds is 3. The van der Waals surface area contributed by atoms with Gasteiger partial charge in [-0.1, -0.05) is 18.2 Å². The van der Waals surface area contributed by atoms with Crippen LogP contribution < -0.4 is 10.6 Å². The average Bonchev–Trinajstić information content (AvgIpc) is 2.26. The van der Waals surface area contributed by atoms with Crippen LogP contribution in [0.2, 0.25) is 0 Å². The summed E-state index contributed by atoms with van der Waals surface area (Å²) in [6.45, 7) is 3.50. The Morgan fingerprint density at radius 3 is 2.47 bits per heavy atom. The minimum atomic E-state index is -0.762. The number of halogens is 1. The molecule has 0 spiro atoms. The molecule has 0 radical (unpaired) electrons. The predicted molar refractivity (Wildman–Crippen MR) is 61.5 cm³/mol. The third-order valence-electron chi connectivity index (χ3n) is 2.02. The van der Waals surface area contributed by atoms with E-state index in [2.05, 4.69) is 10.6 Å². The molecular weight excluding hydrogens is 223 g/mol. The molecule has 2 amide bonds. The Bertz CT molecular complexity index is 419. The number of nitrogens with one attached hydrogen (secondary N) is 2. The largest absolute Gasteiger partial charge is 0.346 e. The predicted octanol–water partition coefficient (Wildman–Crippen LogP) is 0.966. The van der Waals surface area contributed by atoms with Gasteiger partial charge < -0.3 is 10.6 Å². The van der Waals surface area contributed by atoms with Crippen molar-refractivity contribution >= 4 is 11.8 Å². The van der Waals surface area contributed by atoms with Crippen LogP contribution in [0.15, 0.2) is 24.3 Å². The molecule has 4 nitrogen and oxygen atoms in total. The number of benzene rings is 1. The molecule has 0 aliphatic rings. The molecule has 0 bridgehead atoms. The summed E-state index contributed by atoms with van der Waals surface area (Å²) in [5.74, 6) is -1.88. The van der Waals surface area contributed by atoms with Gasteiger partial charge in [0.1, 0.15) is 5.82 Å². The average molecular weight is 238 g/mol. The molecule has 5 heteroatoms. The summed E-state index contributed by atoms with van der Waals surface area (Å²) >= 11 is 0. The highest BCUT2D eigenvalue weighted by Gasteiger charge is 2.14. The molecule has 0 aliphatic carbocycles. The third-order valence-corrected chi connectivity index (χ3v) is 2.02. The molecule has 0 aliphatic heterocycles. The molecule has 0 atom stereocenters. The summed E-state index contributed by atoms with van der Waals surface area (Å²) in [5, 5.41) is 4.80. The molecule has 0 unspecified atom stereocenters. The van der Waals surface area contributed by atoms with Gasteiger partial charge in [-0.3, -0.25) is 9.59 Å². The minimum Gasteiger partial charge on any atom is -0.346 e. The molecule has 0 heterocycles. The van der Waals surface area contributed by atoms with E-state index in [1.165, 1.54) is 6.07 Å². The van der Waals surface area contributed by atoms with Gasteiger partial charge in [0.15, 0.2) is 0 Å². The highest BCUT2D eigenvalue weighted by Crippen LogP contribution is 2.05. The van der Waals surface area contributed by atoms with Gasteiger partial charge in [-0.25, -0.2) is 4.39 Å². The number of hydrogen-bond donors (Lipinski definition) is 2. The zero-order chi connectivity index (χ0) is 12.8. The van der Waals surface area contributed by atoms with E-state index in [-0.39, 0.29) is 12.6 Å². The summed E-state index contributed by atoms with van der Waals surface area (Å²) in [5.41, 5.74) is 0.346. The van der Waals surface area contributed by atoms with E-state index < -0.39 is 17.6 Å². The second-order valence-electron chi connectivity index (χ2n) is 3.90. The summed E-state index contributed by atoms with van der Waals surface area (Å²) in [6.07, 6.45) is 0. The first-order valence-electron chi connectivity index (χ1n) is 5.33. The van der Waals surface area contributed by atoms with Gasteiger partial charge in [0, 0.05) is 18.2 Å². The number of carbonyl (C=O) groups is 2. The Kier molecular flexibility index (Phi) is 4.63. The zero-order valence-electron chi connectivity index (χ0n) is 9.79. The van der Waals surface area contributed by atoms with E-state index in [9.17, 15) is 14.0 Å². The van der Waals surface area contributed by atoms with Gasteiger partial charge in [0.2, 0.25) is 0 Å². The molecule has 92 valence electrons. The monoisotopic (exact) mass is 238 g/mol. The number of amides is 2. The highest BCUT2D eigenvalue weighted by atomic mass is 19.1. The van der Waals surface area contributed by atoms with E-state index in [1.807, 2.05) is 0 Å². The smallest absolute Gasteiger partial charge is 0.309 e. The van der Waals surface area contributed by atoms with E-state index in [1.54, 1.807) is 32.0 Å².